The van der Waals surface area contributed by atoms with Crippen molar-refractivity contribution < 1.29 is 14.3 Å². The molecule has 4 heteroatoms. The van der Waals surface area contributed by atoms with Gasteiger partial charge in [0.1, 0.15) is 5.75 Å². The molecule has 0 spiro atoms. The van der Waals surface area contributed by atoms with E-state index < -0.39 is 6.16 Å². The van der Waals surface area contributed by atoms with Crippen LogP contribution in [0.25, 0.3) is 0 Å². The van der Waals surface area contributed by atoms with Gasteiger partial charge < -0.3 is 15.2 Å². The lowest BCUT2D eigenvalue weighted by Crippen LogP contribution is -2.24. The number of benzene rings is 1. The fourth-order valence-electron chi connectivity index (χ4n) is 2.43. The van der Waals surface area contributed by atoms with E-state index in [1.165, 1.54) is 6.42 Å². The lowest BCUT2D eigenvalue weighted by atomic mass is 9.97. The second kappa shape index (κ2) is 6.40. The van der Waals surface area contributed by atoms with Crippen LogP contribution >= 0.6 is 0 Å². The van der Waals surface area contributed by atoms with Crippen LogP contribution in [0.3, 0.4) is 0 Å². The Kier molecular flexibility index (Phi) is 4.59. The Hall–Kier alpha value is -1.55. The van der Waals surface area contributed by atoms with E-state index in [0.29, 0.717) is 30.7 Å². The molecule has 2 N–H and O–H groups in total. The number of carbonyl (C=O) groups is 1. The summed E-state index contributed by atoms with van der Waals surface area (Å²) in [5.41, 5.74) is 5.68. The van der Waals surface area contributed by atoms with Crippen LogP contribution in [0.5, 0.6) is 5.75 Å². The van der Waals surface area contributed by atoms with Crippen LogP contribution in [-0.4, -0.2) is 19.3 Å². The van der Waals surface area contributed by atoms with Crippen molar-refractivity contribution in [2.24, 2.45) is 17.6 Å². The van der Waals surface area contributed by atoms with Crippen molar-refractivity contribution in [1.82, 2.24) is 0 Å². The van der Waals surface area contributed by atoms with Gasteiger partial charge in [0.2, 0.25) is 0 Å². The molecule has 1 saturated carbocycles. The summed E-state index contributed by atoms with van der Waals surface area (Å²) in [6, 6.07) is 8.93. The van der Waals surface area contributed by atoms with Crippen molar-refractivity contribution in [3.63, 3.8) is 0 Å². The van der Waals surface area contributed by atoms with Crippen LogP contribution in [0.15, 0.2) is 30.3 Å². The molecule has 0 saturated heterocycles. The monoisotopic (exact) mass is 249 g/mol. The topological polar surface area (TPSA) is 61.5 Å². The van der Waals surface area contributed by atoms with Crippen LogP contribution in [-0.2, 0) is 4.74 Å². The predicted molar refractivity (Wildman–Crippen MR) is 68.3 cm³/mol. The fourth-order valence-corrected chi connectivity index (χ4v) is 2.43. The molecule has 18 heavy (non-hydrogen) atoms. The minimum atomic E-state index is -0.635. The highest BCUT2D eigenvalue weighted by Gasteiger charge is 2.27. The molecule has 1 aliphatic rings. The predicted octanol–water partition coefficient (Wildman–Crippen LogP) is 2.58. The number of hydrogen-bond acceptors (Lipinski definition) is 4. The highest BCUT2D eigenvalue weighted by atomic mass is 16.7. The maximum absolute atomic E-state index is 11.5. The van der Waals surface area contributed by atoms with Crippen molar-refractivity contribution >= 4 is 6.16 Å². The van der Waals surface area contributed by atoms with Crippen molar-refractivity contribution in [1.29, 1.82) is 0 Å². The van der Waals surface area contributed by atoms with Gasteiger partial charge in [-0.3, -0.25) is 0 Å². The van der Waals surface area contributed by atoms with Gasteiger partial charge in [0.15, 0.2) is 0 Å². The fraction of sp³-hybridized carbons (Fsp3) is 0.500. The summed E-state index contributed by atoms with van der Waals surface area (Å²) >= 11 is 0. The number of para-hydroxylation sites is 1. The molecule has 2 rings (SSSR count). The lowest BCUT2D eigenvalue weighted by molar-refractivity contribution is 0.0776. The molecule has 0 bridgehead atoms. The van der Waals surface area contributed by atoms with Crippen molar-refractivity contribution in [3.05, 3.63) is 30.3 Å². The molecule has 2 unspecified atom stereocenters. The number of ether oxygens (including phenoxy) is 2. The van der Waals surface area contributed by atoms with Gasteiger partial charge in [0.25, 0.3) is 0 Å². The maximum atomic E-state index is 11.5. The first-order valence-corrected chi connectivity index (χ1v) is 6.39. The molecule has 2 atom stereocenters. The molecule has 1 aromatic rings. The first kappa shape index (κ1) is 12.9. The minimum Gasteiger partial charge on any atom is -0.434 e. The van der Waals surface area contributed by atoms with E-state index in [2.05, 4.69) is 0 Å². The number of hydrogen-bond donors (Lipinski definition) is 1. The summed E-state index contributed by atoms with van der Waals surface area (Å²) in [6.07, 6.45) is 2.76. The first-order chi connectivity index (χ1) is 8.79. The quantitative estimate of drug-likeness (QED) is 0.658. The summed E-state index contributed by atoms with van der Waals surface area (Å²) in [5.74, 6) is 1.37. The highest BCUT2D eigenvalue weighted by Crippen LogP contribution is 2.31. The van der Waals surface area contributed by atoms with Crippen molar-refractivity contribution in [2.45, 2.75) is 19.3 Å². The maximum Gasteiger partial charge on any atom is 0.513 e. The van der Waals surface area contributed by atoms with E-state index in [1.807, 2.05) is 18.2 Å². The minimum absolute atomic E-state index is 0.387. The summed E-state index contributed by atoms with van der Waals surface area (Å²) in [4.78, 5) is 11.5. The van der Waals surface area contributed by atoms with Gasteiger partial charge >= 0.3 is 6.16 Å². The van der Waals surface area contributed by atoms with Crippen LogP contribution in [0, 0.1) is 11.8 Å². The highest BCUT2D eigenvalue weighted by molar-refractivity contribution is 5.63. The summed E-state index contributed by atoms with van der Waals surface area (Å²) in [6.45, 7) is 1.08. The summed E-state index contributed by atoms with van der Waals surface area (Å²) in [7, 11) is 0. The second-order valence-corrected chi connectivity index (χ2v) is 4.66. The first-order valence-electron chi connectivity index (χ1n) is 6.39. The molecule has 0 amide bonds. The van der Waals surface area contributed by atoms with E-state index >= 15 is 0 Å². The number of rotatable bonds is 4. The standard InChI is InChI=1S/C14H19NO3/c15-9-11-5-4-6-12(11)10-17-14(16)18-13-7-2-1-3-8-13/h1-3,7-8,11-12H,4-6,9-10,15H2. The summed E-state index contributed by atoms with van der Waals surface area (Å²) in [5, 5.41) is 0. The molecule has 1 fully saturated rings. The lowest BCUT2D eigenvalue weighted by Gasteiger charge is -2.17. The molecule has 4 nitrogen and oxygen atoms in total. The molecule has 0 heterocycles. The Bertz CT molecular complexity index is 380. The zero-order valence-corrected chi connectivity index (χ0v) is 10.4. The van der Waals surface area contributed by atoms with Gasteiger partial charge in [-0.25, -0.2) is 4.79 Å². The second-order valence-electron chi connectivity index (χ2n) is 4.66. The molecule has 1 aromatic carbocycles. The van der Waals surface area contributed by atoms with Crippen molar-refractivity contribution in [3.8, 4) is 5.75 Å². The summed E-state index contributed by atoms with van der Waals surface area (Å²) < 4.78 is 10.2. The van der Waals surface area contributed by atoms with E-state index in [1.54, 1.807) is 12.1 Å². The molecule has 0 radical (unpaired) electrons. The molecule has 98 valence electrons. The molecule has 0 aromatic heterocycles. The Balaban J connectivity index is 1.75. The third-order valence-electron chi connectivity index (χ3n) is 3.48. The zero-order chi connectivity index (χ0) is 12.8. The Morgan fingerprint density at radius 2 is 1.94 bits per heavy atom. The van der Waals surface area contributed by atoms with Crippen molar-refractivity contribution in [2.75, 3.05) is 13.2 Å². The number of nitrogens with two attached hydrogens (primary N) is 1. The third-order valence-corrected chi connectivity index (χ3v) is 3.48. The van der Waals surface area contributed by atoms with Crippen LogP contribution in [0.4, 0.5) is 4.79 Å². The Morgan fingerprint density at radius 3 is 2.67 bits per heavy atom. The van der Waals surface area contributed by atoms with Crippen LogP contribution in [0.1, 0.15) is 19.3 Å². The average molecular weight is 249 g/mol. The van der Waals surface area contributed by atoms with Gasteiger partial charge in [-0.05, 0) is 43.4 Å². The van der Waals surface area contributed by atoms with Gasteiger partial charge in [-0.2, -0.15) is 0 Å². The molecular weight excluding hydrogens is 230 g/mol. The van der Waals surface area contributed by atoms with E-state index in [-0.39, 0.29) is 0 Å². The normalized spacial score (nSPS) is 22.7. The average Bonchev–Trinajstić information content (AvgIpc) is 2.85. The van der Waals surface area contributed by atoms with Crippen LogP contribution in [0.2, 0.25) is 0 Å². The third kappa shape index (κ3) is 3.47. The van der Waals surface area contributed by atoms with E-state index in [4.69, 9.17) is 15.2 Å². The SMILES string of the molecule is NCC1CCCC1COC(=O)Oc1ccccc1. The molecule has 1 aliphatic carbocycles. The smallest absolute Gasteiger partial charge is 0.434 e. The van der Waals surface area contributed by atoms with Gasteiger partial charge in [-0.1, -0.05) is 24.6 Å². The molecular formula is C14H19NO3. The largest absolute Gasteiger partial charge is 0.513 e. The van der Waals surface area contributed by atoms with E-state index in [0.717, 1.165) is 12.8 Å². The Labute approximate surface area is 107 Å². The van der Waals surface area contributed by atoms with Gasteiger partial charge in [0, 0.05) is 0 Å². The van der Waals surface area contributed by atoms with Gasteiger partial charge in [-0.15, -0.1) is 0 Å². The zero-order valence-electron chi connectivity index (χ0n) is 10.4. The number of carbonyl (C=O) groups excluding carboxylic acids is 1. The molecule has 0 aliphatic heterocycles. The Morgan fingerprint density at radius 1 is 1.22 bits per heavy atom. The van der Waals surface area contributed by atoms with Gasteiger partial charge in [0.05, 0.1) is 6.61 Å². The van der Waals surface area contributed by atoms with Crippen LogP contribution < -0.4 is 10.5 Å². The van der Waals surface area contributed by atoms with E-state index in [9.17, 15) is 4.79 Å².